The molecule has 1 N–H and O–H groups in total. The van der Waals surface area contributed by atoms with Crippen molar-refractivity contribution in [3.63, 3.8) is 0 Å². The van der Waals surface area contributed by atoms with Gasteiger partial charge in [0.1, 0.15) is 0 Å². The van der Waals surface area contributed by atoms with Gasteiger partial charge in [0, 0.05) is 11.8 Å². The van der Waals surface area contributed by atoms with Gasteiger partial charge in [0.25, 0.3) is 0 Å². The number of nitrogens with one attached hydrogen (secondary N) is 1. The van der Waals surface area contributed by atoms with E-state index in [1.165, 1.54) is 0 Å². The minimum Gasteiger partial charge on any atom is -0.349 e. The third-order valence-corrected chi connectivity index (χ3v) is 3.87. The van der Waals surface area contributed by atoms with Crippen molar-refractivity contribution in [2.75, 3.05) is 5.88 Å². The molecule has 0 saturated heterocycles. The highest BCUT2D eigenvalue weighted by Gasteiger charge is 2.28. The number of hydrogen-bond acceptors (Lipinski definition) is 1. The lowest BCUT2D eigenvalue weighted by Crippen LogP contribution is -2.51. The van der Waals surface area contributed by atoms with Crippen LogP contribution in [0, 0.1) is 5.92 Å². The van der Waals surface area contributed by atoms with Crippen LogP contribution in [0.3, 0.4) is 0 Å². The van der Waals surface area contributed by atoms with Gasteiger partial charge < -0.3 is 5.32 Å². The maximum absolute atomic E-state index is 11.9. The zero-order valence-corrected chi connectivity index (χ0v) is 11.2. The highest BCUT2D eigenvalue weighted by atomic mass is 35.5. The van der Waals surface area contributed by atoms with Gasteiger partial charge in [0.05, 0.1) is 5.54 Å². The molecule has 0 atom stereocenters. The van der Waals surface area contributed by atoms with Gasteiger partial charge >= 0.3 is 0 Å². The molecule has 0 aromatic heterocycles. The summed E-state index contributed by atoms with van der Waals surface area (Å²) in [5.74, 6) is 0.779. The van der Waals surface area contributed by atoms with Gasteiger partial charge in [0.2, 0.25) is 5.91 Å². The Labute approximate surface area is 98.8 Å². The number of carbonyl (C=O) groups excluding carboxylic acids is 1. The summed E-state index contributed by atoms with van der Waals surface area (Å²) in [5, 5.41) is 3.11. The first-order valence-electron chi connectivity index (χ1n) is 5.97. The van der Waals surface area contributed by atoms with E-state index in [2.05, 4.69) is 19.2 Å². The van der Waals surface area contributed by atoms with Crippen LogP contribution in [0.2, 0.25) is 0 Å². The lowest BCUT2D eigenvalue weighted by Gasteiger charge is -2.32. The largest absolute Gasteiger partial charge is 0.349 e. The molecule has 0 saturated carbocycles. The maximum Gasteiger partial charge on any atom is 0.223 e. The Morgan fingerprint density at radius 1 is 1.20 bits per heavy atom. The van der Waals surface area contributed by atoms with Gasteiger partial charge in [-0.1, -0.05) is 27.7 Å². The third-order valence-electron chi connectivity index (χ3n) is 3.35. The van der Waals surface area contributed by atoms with Crippen LogP contribution in [-0.2, 0) is 4.79 Å². The first kappa shape index (κ1) is 14.8. The number of halogens is 1. The Balaban J connectivity index is 4.46. The first-order valence-corrected chi connectivity index (χ1v) is 6.50. The Kier molecular flexibility index (Phi) is 6.99. The van der Waals surface area contributed by atoms with E-state index in [1.54, 1.807) is 0 Å². The minimum atomic E-state index is -0.207. The van der Waals surface area contributed by atoms with Crippen LogP contribution in [0.15, 0.2) is 0 Å². The molecule has 0 radical (unpaired) electrons. The molecular formula is C12H24ClNO. The van der Waals surface area contributed by atoms with Crippen molar-refractivity contribution in [2.45, 2.75) is 58.9 Å². The highest BCUT2D eigenvalue weighted by Crippen LogP contribution is 2.19. The van der Waals surface area contributed by atoms with Crippen LogP contribution in [0.25, 0.3) is 0 Å². The molecule has 90 valence electrons. The molecule has 0 unspecified atom stereocenters. The Bertz CT molecular complexity index is 178. The SMILES string of the molecule is CCC(CC)C(=O)NC(CC)(CC)CCl. The Morgan fingerprint density at radius 3 is 1.93 bits per heavy atom. The average Bonchev–Trinajstić information content (AvgIpc) is 2.28. The van der Waals surface area contributed by atoms with Crippen molar-refractivity contribution in [3.8, 4) is 0 Å². The molecule has 0 rings (SSSR count). The summed E-state index contributed by atoms with van der Waals surface area (Å²) in [7, 11) is 0. The van der Waals surface area contributed by atoms with Crippen LogP contribution >= 0.6 is 11.6 Å². The van der Waals surface area contributed by atoms with Gasteiger partial charge in [-0.05, 0) is 25.7 Å². The van der Waals surface area contributed by atoms with Crippen LogP contribution in [0.1, 0.15) is 53.4 Å². The van der Waals surface area contributed by atoms with Crippen molar-refractivity contribution < 1.29 is 4.79 Å². The molecule has 2 nitrogen and oxygen atoms in total. The summed E-state index contributed by atoms with van der Waals surface area (Å²) in [5.41, 5.74) is -0.207. The zero-order chi connectivity index (χ0) is 11.9. The fourth-order valence-electron chi connectivity index (χ4n) is 1.67. The van der Waals surface area contributed by atoms with Gasteiger partial charge in [-0.15, -0.1) is 11.6 Å². The molecule has 0 fully saturated rings. The van der Waals surface area contributed by atoms with Crippen molar-refractivity contribution >= 4 is 17.5 Å². The number of amides is 1. The van der Waals surface area contributed by atoms with Crippen molar-refractivity contribution in [1.29, 1.82) is 0 Å². The summed E-state index contributed by atoms with van der Waals surface area (Å²) >= 11 is 5.95. The average molecular weight is 234 g/mol. The second-order valence-corrected chi connectivity index (χ2v) is 4.39. The van der Waals surface area contributed by atoms with E-state index in [9.17, 15) is 4.79 Å². The topological polar surface area (TPSA) is 29.1 Å². The van der Waals surface area contributed by atoms with Crippen molar-refractivity contribution in [1.82, 2.24) is 5.32 Å². The summed E-state index contributed by atoms with van der Waals surface area (Å²) in [6.45, 7) is 8.24. The molecule has 0 aromatic carbocycles. The fraction of sp³-hybridized carbons (Fsp3) is 0.917. The van der Waals surface area contributed by atoms with E-state index in [0.717, 1.165) is 25.7 Å². The lowest BCUT2D eigenvalue weighted by atomic mass is 9.93. The predicted octanol–water partition coefficient (Wildman–Crippen LogP) is 3.34. The van der Waals surface area contributed by atoms with E-state index in [1.807, 2.05) is 13.8 Å². The molecular weight excluding hydrogens is 210 g/mol. The monoisotopic (exact) mass is 233 g/mol. The molecule has 1 amide bonds. The zero-order valence-electron chi connectivity index (χ0n) is 10.4. The molecule has 0 bridgehead atoms. The van der Waals surface area contributed by atoms with Gasteiger partial charge in [-0.3, -0.25) is 4.79 Å². The van der Waals surface area contributed by atoms with Gasteiger partial charge in [-0.25, -0.2) is 0 Å². The summed E-state index contributed by atoms with van der Waals surface area (Å²) in [4.78, 5) is 11.9. The Morgan fingerprint density at radius 2 is 1.67 bits per heavy atom. The molecule has 0 aromatic rings. The van der Waals surface area contributed by atoms with E-state index < -0.39 is 0 Å². The van der Waals surface area contributed by atoms with Crippen LogP contribution < -0.4 is 5.32 Å². The molecule has 0 aliphatic rings. The lowest BCUT2D eigenvalue weighted by molar-refractivity contribution is -0.127. The number of hydrogen-bond donors (Lipinski definition) is 1. The highest BCUT2D eigenvalue weighted by molar-refractivity contribution is 6.18. The normalized spacial score (nSPS) is 11.9. The van der Waals surface area contributed by atoms with Gasteiger partial charge in [-0.2, -0.15) is 0 Å². The number of rotatable bonds is 7. The van der Waals surface area contributed by atoms with Crippen LogP contribution in [0.4, 0.5) is 0 Å². The second-order valence-electron chi connectivity index (χ2n) is 4.12. The third kappa shape index (κ3) is 4.02. The fourth-order valence-corrected chi connectivity index (χ4v) is 2.12. The quantitative estimate of drug-likeness (QED) is 0.672. The maximum atomic E-state index is 11.9. The molecule has 0 heterocycles. The van der Waals surface area contributed by atoms with E-state index in [-0.39, 0.29) is 17.4 Å². The molecule has 15 heavy (non-hydrogen) atoms. The number of alkyl halides is 1. The summed E-state index contributed by atoms with van der Waals surface area (Å²) in [6.07, 6.45) is 3.57. The van der Waals surface area contributed by atoms with Crippen LogP contribution in [-0.4, -0.2) is 17.3 Å². The van der Waals surface area contributed by atoms with Crippen molar-refractivity contribution in [3.05, 3.63) is 0 Å². The van der Waals surface area contributed by atoms with Gasteiger partial charge in [0.15, 0.2) is 0 Å². The molecule has 3 heteroatoms. The standard InChI is InChI=1S/C12H24ClNO/c1-5-10(6-2)11(15)14-12(7-3,8-4)9-13/h10H,5-9H2,1-4H3,(H,14,15). The summed E-state index contributed by atoms with van der Waals surface area (Å²) in [6, 6.07) is 0. The number of carbonyl (C=O) groups is 1. The second kappa shape index (κ2) is 7.10. The predicted molar refractivity (Wildman–Crippen MR) is 66.2 cm³/mol. The van der Waals surface area contributed by atoms with E-state index in [4.69, 9.17) is 11.6 Å². The minimum absolute atomic E-state index is 0.130. The van der Waals surface area contributed by atoms with E-state index >= 15 is 0 Å². The molecule has 0 aliphatic heterocycles. The Hall–Kier alpha value is -0.240. The molecule has 0 aliphatic carbocycles. The van der Waals surface area contributed by atoms with E-state index in [0.29, 0.717) is 5.88 Å². The van der Waals surface area contributed by atoms with Crippen molar-refractivity contribution in [2.24, 2.45) is 5.92 Å². The smallest absolute Gasteiger partial charge is 0.223 e. The first-order chi connectivity index (χ1) is 7.09. The molecule has 0 spiro atoms. The van der Waals surface area contributed by atoms with Crippen LogP contribution in [0.5, 0.6) is 0 Å². The summed E-state index contributed by atoms with van der Waals surface area (Å²) < 4.78 is 0.